The normalized spacial score (nSPS) is 12.9. The zero-order chi connectivity index (χ0) is 18.2. The third-order valence-corrected chi connectivity index (χ3v) is 3.71. The van der Waals surface area contributed by atoms with Crippen molar-refractivity contribution in [3.63, 3.8) is 0 Å². The number of aliphatic hydroxyl groups is 1. The average Bonchev–Trinajstić information content (AvgIpc) is 2.62. The first-order valence-corrected chi connectivity index (χ1v) is 8.01. The van der Waals surface area contributed by atoms with Crippen LogP contribution < -0.4 is 10.6 Å². The Labute approximate surface area is 145 Å². The molecule has 2 atom stereocenters. The van der Waals surface area contributed by atoms with Crippen molar-refractivity contribution >= 4 is 11.8 Å². The van der Waals surface area contributed by atoms with E-state index in [1.54, 1.807) is 55.5 Å². The van der Waals surface area contributed by atoms with Crippen molar-refractivity contribution in [3.8, 4) is 0 Å². The Morgan fingerprint density at radius 1 is 1.04 bits per heavy atom. The third kappa shape index (κ3) is 5.39. The summed E-state index contributed by atoms with van der Waals surface area (Å²) in [4.78, 5) is 24.3. The minimum absolute atomic E-state index is 0.309. The van der Waals surface area contributed by atoms with Gasteiger partial charge in [0.15, 0.2) is 0 Å². The van der Waals surface area contributed by atoms with Crippen molar-refractivity contribution in [1.29, 1.82) is 0 Å². The number of hydrogen-bond donors (Lipinski definition) is 3. The SMILES string of the molecule is C[C@H](Cc1ccccc1F)NC(=O)[C@H](CO)NC(=O)c1ccccc1. The highest BCUT2D eigenvalue weighted by Gasteiger charge is 2.22. The Kier molecular flexibility index (Phi) is 6.65. The lowest BCUT2D eigenvalue weighted by Gasteiger charge is -2.20. The summed E-state index contributed by atoms with van der Waals surface area (Å²) in [7, 11) is 0. The van der Waals surface area contributed by atoms with E-state index >= 15 is 0 Å². The summed E-state index contributed by atoms with van der Waals surface area (Å²) in [6.07, 6.45) is 0.309. The molecule has 25 heavy (non-hydrogen) atoms. The second-order valence-corrected chi connectivity index (χ2v) is 5.78. The van der Waals surface area contributed by atoms with E-state index in [1.165, 1.54) is 6.07 Å². The maximum absolute atomic E-state index is 13.7. The molecule has 0 heterocycles. The average molecular weight is 344 g/mol. The Morgan fingerprint density at radius 2 is 1.68 bits per heavy atom. The summed E-state index contributed by atoms with van der Waals surface area (Å²) in [6, 6.07) is 13.3. The van der Waals surface area contributed by atoms with Crippen molar-refractivity contribution in [1.82, 2.24) is 10.6 Å². The highest BCUT2D eigenvalue weighted by Crippen LogP contribution is 2.09. The predicted molar refractivity (Wildman–Crippen MR) is 92.5 cm³/mol. The van der Waals surface area contributed by atoms with Crippen LogP contribution in [0.4, 0.5) is 4.39 Å². The second kappa shape index (κ2) is 8.94. The van der Waals surface area contributed by atoms with Crippen LogP contribution in [0, 0.1) is 5.82 Å². The summed E-state index contributed by atoms with van der Waals surface area (Å²) < 4.78 is 13.7. The molecule has 2 rings (SSSR count). The van der Waals surface area contributed by atoms with E-state index in [-0.39, 0.29) is 11.9 Å². The Bertz CT molecular complexity index is 722. The van der Waals surface area contributed by atoms with Crippen molar-refractivity contribution < 1.29 is 19.1 Å². The molecule has 0 aromatic heterocycles. The Balaban J connectivity index is 1.93. The first-order valence-electron chi connectivity index (χ1n) is 8.01. The van der Waals surface area contributed by atoms with Gasteiger partial charge in [-0.1, -0.05) is 36.4 Å². The second-order valence-electron chi connectivity index (χ2n) is 5.78. The van der Waals surface area contributed by atoms with Gasteiger partial charge in [0.25, 0.3) is 5.91 Å². The van der Waals surface area contributed by atoms with Crippen molar-refractivity contribution in [3.05, 3.63) is 71.5 Å². The van der Waals surface area contributed by atoms with Crippen LogP contribution in [0.3, 0.4) is 0 Å². The van der Waals surface area contributed by atoms with Gasteiger partial charge in [0.05, 0.1) is 6.61 Å². The molecule has 0 bridgehead atoms. The molecule has 6 heteroatoms. The monoisotopic (exact) mass is 344 g/mol. The van der Waals surface area contributed by atoms with E-state index in [1.807, 2.05) is 0 Å². The van der Waals surface area contributed by atoms with Gasteiger partial charge in [-0.05, 0) is 37.1 Å². The van der Waals surface area contributed by atoms with Crippen molar-refractivity contribution in [2.24, 2.45) is 0 Å². The van der Waals surface area contributed by atoms with E-state index in [9.17, 15) is 19.1 Å². The molecular weight excluding hydrogens is 323 g/mol. The minimum Gasteiger partial charge on any atom is -0.394 e. The first-order chi connectivity index (χ1) is 12.0. The molecule has 0 spiro atoms. The lowest BCUT2D eigenvalue weighted by Crippen LogP contribution is -2.51. The van der Waals surface area contributed by atoms with Crippen LogP contribution in [0.25, 0.3) is 0 Å². The lowest BCUT2D eigenvalue weighted by molar-refractivity contribution is -0.124. The topological polar surface area (TPSA) is 78.4 Å². The van der Waals surface area contributed by atoms with Gasteiger partial charge in [-0.2, -0.15) is 0 Å². The molecule has 0 radical (unpaired) electrons. The zero-order valence-corrected chi connectivity index (χ0v) is 13.9. The van der Waals surface area contributed by atoms with E-state index in [4.69, 9.17) is 0 Å². The molecule has 2 aromatic rings. The molecule has 0 unspecified atom stereocenters. The fraction of sp³-hybridized carbons (Fsp3) is 0.263. The molecule has 132 valence electrons. The fourth-order valence-corrected chi connectivity index (χ4v) is 2.41. The van der Waals surface area contributed by atoms with E-state index in [0.717, 1.165) is 0 Å². The molecule has 0 fully saturated rings. The lowest BCUT2D eigenvalue weighted by atomic mass is 10.1. The first kappa shape index (κ1) is 18.6. The number of hydrogen-bond acceptors (Lipinski definition) is 3. The minimum atomic E-state index is -1.07. The number of aliphatic hydroxyl groups excluding tert-OH is 1. The van der Waals surface area contributed by atoms with E-state index in [2.05, 4.69) is 10.6 Å². The molecular formula is C19H21FN2O3. The number of carbonyl (C=O) groups is 2. The molecule has 0 saturated carbocycles. The molecule has 3 N–H and O–H groups in total. The van der Waals surface area contributed by atoms with Gasteiger partial charge < -0.3 is 15.7 Å². The van der Waals surface area contributed by atoms with Crippen LogP contribution in [0.15, 0.2) is 54.6 Å². The number of nitrogens with one attached hydrogen (secondary N) is 2. The van der Waals surface area contributed by atoms with Crippen LogP contribution in [-0.2, 0) is 11.2 Å². The zero-order valence-electron chi connectivity index (χ0n) is 13.9. The highest BCUT2D eigenvalue weighted by molar-refractivity contribution is 5.97. The smallest absolute Gasteiger partial charge is 0.251 e. The van der Waals surface area contributed by atoms with E-state index in [0.29, 0.717) is 17.5 Å². The molecule has 0 aliphatic heterocycles. The number of carbonyl (C=O) groups excluding carboxylic acids is 2. The summed E-state index contributed by atoms with van der Waals surface area (Å²) in [5.41, 5.74) is 0.886. The molecule has 2 aromatic carbocycles. The molecule has 0 aliphatic carbocycles. The number of amides is 2. The predicted octanol–water partition coefficient (Wildman–Crippen LogP) is 1.66. The van der Waals surface area contributed by atoms with E-state index < -0.39 is 24.5 Å². The van der Waals surface area contributed by atoms with Crippen LogP contribution in [-0.4, -0.2) is 35.6 Å². The van der Waals surface area contributed by atoms with Crippen molar-refractivity contribution in [2.45, 2.75) is 25.4 Å². The summed E-state index contributed by atoms with van der Waals surface area (Å²) in [5, 5.41) is 14.6. The standard InChI is InChI=1S/C19H21FN2O3/c1-13(11-15-9-5-6-10-16(15)20)21-19(25)17(12-23)22-18(24)14-7-3-2-4-8-14/h2-10,13,17,23H,11-12H2,1H3,(H,21,25)(H,22,24)/t13-,17+/m1/s1. The Hall–Kier alpha value is -2.73. The van der Waals surface area contributed by atoms with Gasteiger partial charge in [-0.15, -0.1) is 0 Å². The van der Waals surface area contributed by atoms with Crippen LogP contribution in [0.2, 0.25) is 0 Å². The highest BCUT2D eigenvalue weighted by atomic mass is 19.1. The quantitative estimate of drug-likeness (QED) is 0.715. The van der Waals surface area contributed by atoms with Gasteiger partial charge in [0.1, 0.15) is 11.9 Å². The molecule has 0 aliphatic rings. The third-order valence-electron chi connectivity index (χ3n) is 3.71. The van der Waals surface area contributed by atoms with Crippen LogP contribution in [0.1, 0.15) is 22.8 Å². The van der Waals surface area contributed by atoms with Crippen molar-refractivity contribution in [2.75, 3.05) is 6.61 Å². The Morgan fingerprint density at radius 3 is 2.32 bits per heavy atom. The summed E-state index contributed by atoms with van der Waals surface area (Å²) in [6.45, 7) is 1.20. The van der Waals surface area contributed by atoms with Crippen LogP contribution >= 0.6 is 0 Å². The van der Waals surface area contributed by atoms with Gasteiger partial charge in [0.2, 0.25) is 5.91 Å². The number of rotatable bonds is 7. The number of halogens is 1. The largest absolute Gasteiger partial charge is 0.394 e. The van der Waals surface area contributed by atoms with Gasteiger partial charge in [-0.25, -0.2) is 4.39 Å². The molecule has 2 amide bonds. The van der Waals surface area contributed by atoms with Crippen LogP contribution in [0.5, 0.6) is 0 Å². The van der Waals surface area contributed by atoms with Gasteiger partial charge >= 0.3 is 0 Å². The van der Waals surface area contributed by atoms with Gasteiger partial charge in [-0.3, -0.25) is 9.59 Å². The molecule has 5 nitrogen and oxygen atoms in total. The fourth-order valence-electron chi connectivity index (χ4n) is 2.41. The maximum atomic E-state index is 13.7. The number of benzene rings is 2. The van der Waals surface area contributed by atoms with Gasteiger partial charge in [0, 0.05) is 11.6 Å². The summed E-state index contributed by atoms with van der Waals surface area (Å²) in [5.74, 6) is -1.30. The summed E-state index contributed by atoms with van der Waals surface area (Å²) >= 11 is 0. The maximum Gasteiger partial charge on any atom is 0.251 e. The molecule has 0 saturated heterocycles.